The molecule has 0 heterocycles. The number of aryl methyl sites for hydroxylation is 2. The SMILES string of the molecule is CNC(C)(C)Sc1cc(C)c(C)cc1OC. The molecule has 1 aromatic carbocycles. The Kier molecular flexibility index (Phi) is 4.28. The minimum absolute atomic E-state index is 0.00891. The van der Waals surface area contributed by atoms with E-state index in [1.54, 1.807) is 18.9 Å². The van der Waals surface area contributed by atoms with Crippen LogP contribution < -0.4 is 10.1 Å². The largest absolute Gasteiger partial charge is 0.496 e. The highest BCUT2D eigenvalue weighted by molar-refractivity contribution is 8.00. The van der Waals surface area contributed by atoms with Crippen molar-refractivity contribution < 1.29 is 4.74 Å². The van der Waals surface area contributed by atoms with Crippen LogP contribution in [0.5, 0.6) is 5.75 Å². The second-order valence-electron chi connectivity index (χ2n) is 4.45. The molecule has 16 heavy (non-hydrogen) atoms. The number of ether oxygens (including phenoxy) is 1. The maximum absolute atomic E-state index is 5.42. The fraction of sp³-hybridized carbons (Fsp3) is 0.538. The fourth-order valence-electron chi connectivity index (χ4n) is 1.33. The van der Waals surface area contributed by atoms with Crippen LogP contribution in [0.25, 0.3) is 0 Å². The molecule has 90 valence electrons. The highest BCUT2D eigenvalue weighted by atomic mass is 32.2. The smallest absolute Gasteiger partial charge is 0.132 e. The van der Waals surface area contributed by atoms with Gasteiger partial charge in [-0.25, -0.2) is 0 Å². The Morgan fingerprint density at radius 2 is 1.75 bits per heavy atom. The first-order valence-electron chi connectivity index (χ1n) is 5.43. The molecule has 0 radical (unpaired) electrons. The lowest BCUT2D eigenvalue weighted by molar-refractivity contribution is 0.404. The minimum atomic E-state index is 0.00891. The Morgan fingerprint density at radius 1 is 1.19 bits per heavy atom. The summed E-state index contributed by atoms with van der Waals surface area (Å²) in [5.41, 5.74) is 2.57. The molecule has 0 aliphatic rings. The van der Waals surface area contributed by atoms with Crippen molar-refractivity contribution in [3.05, 3.63) is 23.3 Å². The van der Waals surface area contributed by atoms with Crippen LogP contribution in [0, 0.1) is 13.8 Å². The van der Waals surface area contributed by atoms with E-state index in [9.17, 15) is 0 Å². The van der Waals surface area contributed by atoms with Gasteiger partial charge in [-0.15, -0.1) is 11.8 Å². The van der Waals surface area contributed by atoms with Crippen molar-refractivity contribution in [2.75, 3.05) is 14.2 Å². The van der Waals surface area contributed by atoms with Gasteiger partial charge in [0.1, 0.15) is 5.75 Å². The quantitative estimate of drug-likeness (QED) is 0.643. The summed E-state index contributed by atoms with van der Waals surface area (Å²) in [6.07, 6.45) is 0. The van der Waals surface area contributed by atoms with Gasteiger partial charge in [0.2, 0.25) is 0 Å². The molecule has 0 spiro atoms. The molecule has 1 aromatic rings. The monoisotopic (exact) mass is 239 g/mol. The van der Waals surface area contributed by atoms with E-state index in [2.05, 4.69) is 45.1 Å². The third-order valence-corrected chi connectivity index (χ3v) is 4.00. The van der Waals surface area contributed by atoms with E-state index < -0.39 is 0 Å². The summed E-state index contributed by atoms with van der Waals surface area (Å²) in [4.78, 5) is 1.19. The van der Waals surface area contributed by atoms with E-state index in [4.69, 9.17) is 4.74 Å². The molecular formula is C13H21NOS. The van der Waals surface area contributed by atoms with Gasteiger partial charge in [-0.05, 0) is 58.0 Å². The first-order valence-corrected chi connectivity index (χ1v) is 6.24. The predicted octanol–water partition coefficient (Wildman–Crippen LogP) is 3.36. The zero-order chi connectivity index (χ0) is 12.3. The van der Waals surface area contributed by atoms with Crippen LogP contribution in [0.2, 0.25) is 0 Å². The number of hydrogen-bond donors (Lipinski definition) is 1. The van der Waals surface area contributed by atoms with Gasteiger partial charge < -0.3 is 10.1 Å². The molecular weight excluding hydrogens is 218 g/mol. The Morgan fingerprint density at radius 3 is 2.25 bits per heavy atom. The van der Waals surface area contributed by atoms with Gasteiger partial charge in [0, 0.05) is 0 Å². The summed E-state index contributed by atoms with van der Waals surface area (Å²) in [5, 5.41) is 3.28. The first kappa shape index (κ1) is 13.4. The number of rotatable bonds is 4. The summed E-state index contributed by atoms with van der Waals surface area (Å²) >= 11 is 1.78. The summed E-state index contributed by atoms with van der Waals surface area (Å²) in [5.74, 6) is 0.955. The van der Waals surface area contributed by atoms with Crippen molar-refractivity contribution in [1.29, 1.82) is 0 Å². The average molecular weight is 239 g/mol. The molecule has 0 amide bonds. The van der Waals surface area contributed by atoms with E-state index >= 15 is 0 Å². The third-order valence-electron chi connectivity index (χ3n) is 2.75. The van der Waals surface area contributed by atoms with Crippen LogP contribution in [0.4, 0.5) is 0 Å². The average Bonchev–Trinajstić information content (AvgIpc) is 2.22. The number of methoxy groups -OCH3 is 1. The van der Waals surface area contributed by atoms with Gasteiger partial charge in [0.25, 0.3) is 0 Å². The van der Waals surface area contributed by atoms with Gasteiger partial charge >= 0.3 is 0 Å². The molecule has 2 nitrogen and oxygen atoms in total. The van der Waals surface area contributed by atoms with Crippen molar-refractivity contribution >= 4 is 11.8 Å². The van der Waals surface area contributed by atoms with Crippen LogP contribution in [0.3, 0.4) is 0 Å². The second-order valence-corrected chi connectivity index (χ2v) is 6.11. The molecule has 1 N–H and O–H groups in total. The lowest BCUT2D eigenvalue weighted by atomic mass is 10.1. The lowest BCUT2D eigenvalue weighted by Gasteiger charge is -2.24. The first-order chi connectivity index (χ1) is 7.39. The topological polar surface area (TPSA) is 21.3 Å². The zero-order valence-electron chi connectivity index (χ0n) is 11.0. The van der Waals surface area contributed by atoms with E-state index in [-0.39, 0.29) is 4.87 Å². The Labute approximate surface area is 103 Å². The lowest BCUT2D eigenvalue weighted by Crippen LogP contribution is -2.31. The van der Waals surface area contributed by atoms with E-state index in [1.807, 2.05) is 7.05 Å². The third kappa shape index (κ3) is 3.16. The van der Waals surface area contributed by atoms with Gasteiger partial charge in [-0.1, -0.05) is 0 Å². The number of nitrogens with one attached hydrogen (secondary N) is 1. The minimum Gasteiger partial charge on any atom is -0.496 e. The van der Waals surface area contributed by atoms with Crippen molar-refractivity contribution in [2.45, 2.75) is 37.5 Å². The van der Waals surface area contributed by atoms with E-state index in [0.717, 1.165) is 5.75 Å². The van der Waals surface area contributed by atoms with E-state index in [0.29, 0.717) is 0 Å². The standard InChI is InChI=1S/C13H21NOS/c1-9-7-11(15-6)12(8-10(9)2)16-13(3,4)14-5/h7-8,14H,1-6H3. The number of hydrogen-bond acceptors (Lipinski definition) is 3. The molecule has 0 bridgehead atoms. The van der Waals surface area contributed by atoms with Crippen LogP contribution in [-0.2, 0) is 0 Å². The molecule has 1 rings (SSSR count). The van der Waals surface area contributed by atoms with Gasteiger partial charge in [0.05, 0.1) is 16.9 Å². The molecule has 0 saturated carbocycles. The Balaban J connectivity index is 3.08. The summed E-state index contributed by atoms with van der Waals surface area (Å²) in [7, 11) is 3.70. The van der Waals surface area contributed by atoms with Crippen LogP contribution >= 0.6 is 11.8 Å². The maximum atomic E-state index is 5.42. The summed E-state index contributed by atoms with van der Waals surface area (Å²) < 4.78 is 5.42. The number of thioether (sulfide) groups is 1. The Hall–Kier alpha value is -0.670. The van der Waals surface area contributed by atoms with Gasteiger partial charge in [-0.3, -0.25) is 0 Å². The van der Waals surface area contributed by atoms with Crippen molar-refractivity contribution in [3.63, 3.8) is 0 Å². The maximum Gasteiger partial charge on any atom is 0.132 e. The molecule has 0 fully saturated rings. The van der Waals surface area contributed by atoms with Crippen LogP contribution in [-0.4, -0.2) is 19.0 Å². The molecule has 0 saturated heterocycles. The normalized spacial score (nSPS) is 11.6. The van der Waals surface area contributed by atoms with Gasteiger partial charge in [0.15, 0.2) is 0 Å². The molecule has 0 unspecified atom stereocenters. The molecule has 0 aliphatic heterocycles. The highest BCUT2D eigenvalue weighted by Crippen LogP contribution is 2.38. The molecule has 0 aromatic heterocycles. The van der Waals surface area contributed by atoms with Crippen molar-refractivity contribution in [2.24, 2.45) is 0 Å². The van der Waals surface area contributed by atoms with Crippen molar-refractivity contribution in [1.82, 2.24) is 5.32 Å². The molecule has 0 aliphatic carbocycles. The van der Waals surface area contributed by atoms with Gasteiger partial charge in [-0.2, -0.15) is 0 Å². The number of benzene rings is 1. The fourth-order valence-corrected chi connectivity index (χ4v) is 2.46. The van der Waals surface area contributed by atoms with Crippen LogP contribution in [0.1, 0.15) is 25.0 Å². The molecule has 3 heteroatoms. The molecule has 0 atom stereocenters. The Bertz CT molecular complexity index is 374. The van der Waals surface area contributed by atoms with Crippen LogP contribution in [0.15, 0.2) is 17.0 Å². The second kappa shape index (κ2) is 5.11. The summed E-state index contributed by atoms with van der Waals surface area (Å²) in [6, 6.07) is 4.29. The predicted molar refractivity (Wildman–Crippen MR) is 71.5 cm³/mol. The highest BCUT2D eigenvalue weighted by Gasteiger charge is 2.19. The summed E-state index contributed by atoms with van der Waals surface area (Å²) in [6.45, 7) is 8.55. The van der Waals surface area contributed by atoms with E-state index in [1.165, 1.54) is 16.0 Å². The van der Waals surface area contributed by atoms with Crippen molar-refractivity contribution in [3.8, 4) is 5.75 Å². The zero-order valence-corrected chi connectivity index (χ0v) is 11.8.